The van der Waals surface area contributed by atoms with E-state index in [4.69, 9.17) is 22.1 Å². The Morgan fingerprint density at radius 3 is 2.72 bits per heavy atom. The molecule has 0 heterocycles. The van der Waals surface area contributed by atoms with E-state index in [1.165, 1.54) is 0 Å². The van der Waals surface area contributed by atoms with Crippen molar-refractivity contribution in [2.75, 3.05) is 26.0 Å². The second-order valence-corrected chi connectivity index (χ2v) is 4.51. The Labute approximate surface area is 113 Å². The SMILES string of the molecule is CCN(C(=O)c1c(N)cccc1Cl)C(C)COC. The molecule has 1 unspecified atom stereocenters. The molecule has 0 bridgehead atoms. The normalized spacial score (nSPS) is 12.2. The number of likely N-dealkylation sites (N-methyl/N-ethyl adjacent to an activating group) is 1. The van der Waals surface area contributed by atoms with Crippen LogP contribution in [0.2, 0.25) is 5.02 Å². The Balaban J connectivity index is 3.04. The number of carbonyl (C=O) groups is 1. The zero-order chi connectivity index (χ0) is 13.7. The number of ether oxygens (including phenoxy) is 1. The van der Waals surface area contributed by atoms with Crippen molar-refractivity contribution >= 4 is 23.2 Å². The number of methoxy groups -OCH3 is 1. The molecule has 1 atom stereocenters. The van der Waals surface area contributed by atoms with Crippen molar-refractivity contribution < 1.29 is 9.53 Å². The van der Waals surface area contributed by atoms with Crippen molar-refractivity contribution in [3.8, 4) is 0 Å². The van der Waals surface area contributed by atoms with Crippen molar-refractivity contribution in [1.29, 1.82) is 0 Å². The van der Waals surface area contributed by atoms with Crippen LogP contribution in [0.25, 0.3) is 0 Å². The first-order valence-electron chi connectivity index (χ1n) is 5.86. The highest BCUT2D eigenvalue weighted by molar-refractivity contribution is 6.34. The Morgan fingerprint density at radius 1 is 1.56 bits per heavy atom. The van der Waals surface area contributed by atoms with Gasteiger partial charge < -0.3 is 15.4 Å². The summed E-state index contributed by atoms with van der Waals surface area (Å²) in [4.78, 5) is 14.1. The van der Waals surface area contributed by atoms with Gasteiger partial charge >= 0.3 is 0 Å². The van der Waals surface area contributed by atoms with Crippen molar-refractivity contribution in [2.45, 2.75) is 19.9 Å². The molecule has 1 aromatic carbocycles. The van der Waals surface area contributed by atoms with E-state index in [9.17, 15) is 4.79 Å². The molecule has 1 aromatic rings. The van der Waals surface area contributed by atoms with Crippen molar-refractivity contribution in [3.63, 3.8) is 0 Å². The number of rotatable bonds is 5. The molecule has 0 aliphatic carbocycles. The highest BCUT2D eigenvalue weighted by Crippen LogP contribution is 2.24. The van der Waals surface area contributed by atoms with E-state index in [2.05, 4.69) is 0 Å². The minimum Gasteiger partial charge on any atom is -0.398 e. The molecule has 0 spiro atoms. The third kappa shape index (κ3) is 3.15. The van der Waals surface area contributed by atoms with Crippen LogP contribution in [0.3, 0.4) is 0 Å². The molecule has 4 nitrogen and oxygen atoms in total. The fourth-order valence-corrected chi connectivity index (χ4v) is 2.16. The van der Waals surface area contributed by atoms with E-state index in [0.717, 1.165) is 0 Å². The summed E-state index contributed by atoms with van der Waals surface area (Å²) in [5.74, 6) is -0.162. The first kappa shape index (κ1) is 14.8. The topological polar surface area (TPSA) is 55.6 Å². The maximum atomic E-state index is 12.4. The molecule has 2 N–H and O–H groups in total. The van der Waals surface area contributed by atoms with Crippen LogP contribution >= 0.6 is 11.6 Å². The predicted molar refractivity (Wildman–Crippen MR) is 73.9 cm³/mol. The monoisotopic (exact) mass is 270 g/mol. The molecular weight excluding hydrogens is 252 g/mol. The Hall–Kier alpha value is -1.26. The average molecular weight is 271 g/mol. The van der Waals surface area contributed by atoms with Gasteiger partial charge in [-0.1, -0.05) is 17.7 Å². The van der Waals surface area contributed by atoms with Gasteiger partial charge in [0.2, 0.25) is 0 Å². The zero-order valence-corrected chi connectivity index (χ0v) is 11.7. The quantitative estimate of drug-likeness (QED) is 0.836. The smallest absolute Gasteiger partial charge is 0.257 e. The van der Waals surface area contributed by atoms with Gasteiger partial charge in [-0.25, -0.2) is 0 Å². The fourth-order valence-electron chi connectivity index (χ4n) is 1.90. The van der Waals surface area contributed by atoms with Crippen LogP contribution in [0.15, 0.2) is 18.2 Å². The van der Waals surface area contributed by atoms with Gasteiger partial charge in [-0.15, -0.1) is 0 Å². The first-order valence-corrected chi connectivity index (χ1v) is 6.24. The van der Waals surface area contributed by atoms with Crippen molar-refractivity contribution in [3.05, 3.63) is 28.8 Å². The Bertz CT molecular complexity index is 403. The van der Waals surface area contributed by atoms with Gasteiger partial charge in [-0.2, -0.15) is 0 Å². The average Bonchev–Trinajstić information content (AvgIpc) is 2.30. The summed E-state index contributed by atoms with van der Waals surface area (Å²) in [7, 11) is 1.61. The molecule has 1 amide bonds. The van der Waals surface area contributed by atoms with E-state index in [1.54, 1.807) is 30.2 Å². The Kier molecular flexibility index (Phi) is 5.44. The van der Waals surface area contributed by atoms with Crippen LogP contribution < -0.4 is 5.73 Å². The van der Waals surface area contributed by atoms with Crippen molar-refractivity contribution in [2.24, 2.45) is 0 Å². The first-order chi connectivity index (χ1) is 8.52. The number of anilines is 1. The molecule has 18 heavy (non-hydrogen) atoms. The maximum Gasteiger partial charge on any atom is 0.257 e. The fraction of sp³-hybridized carbons (Fsp3) is 0.462. The minimum absolute atomic E-state index is 0.0248. The molecule has 100 valence electrons. The largest absolute Gasteiger partial charge is 0.398 e. The highest BCUT2D eigenvalue weighted by Gasteiger charge is 2.23. The summed E-state index contributed by atoms with van der Waals surface area (Å²) in [6.45, 7) is 4.90. The minimum atomic E-state index is -0.162. The number of halogens is 1. The van der Waals surface area contributed by atoms with Crippen LogP contribution in [0.4, 0.5) is 5.69 Å². The summed E-state index contributed by atoms with van der Waals surface area (Å²) in [5.41, 5.74) is 6.59. The van der Waals surface area contributed by atoms with Gasteiger partial charge in [0.25, 0.3) is 5.91 Å². The number of carbonyl (C=O) groups excluding carboxylic acids is 1. The third-order valence-electron chi connectivity index (χ3n) is 2.80. The van der Waals surface area contributed by atoms with Crippen molar-refractivity contribution in [1.82, 2.24) is 4.90 Å². The maximum absolute atomic E-state index is 12.4. The predicted octanol–water partition coefficient (Wildman–Crippen LogP) is 2.42. The summed E-state index contributed by atoms with van der Waals surface area (Å²) in [5, 5.41) is 0.378. The molecule has 0 saturated heterocycles. The standard InChI is InChI=1S/C13H19ClN2O2/c1-4-16(9(2)8-18-3)13(17)12-10(14)6-5-7-11(12)15/h5-7,9H,4,8,15H2,1-3H3. The third-order valence-corrected chi connectivity index (χ3v) is 3.12. The lowest BCUT2D eigenvalue weighted by molar-refractivity contribution is 0.0580. The number of nitrogens with zero attached hydrogens (tertiary/aromatic N) is 1. The Morgan fingerprint density at radius 2 is 2.22 bits per heavy atom. The number of benzene rings is 1. The molecule has 5 heteroatoms. The number of hydrogen-bond acceptors (Lipinski definition) is 3. The van der Waals surface area contributed by atoms with Crippen LogP contribution in [0, 0.1) is 0 Å². The van der Waals surface area contributed by atoms with E-state index in [-0.39, 0.29) is 11.9 Å². The number of nitrogen functional groups attached to an aromatic ring is 1. The molecule has 0 aliphatic heterocycles. The second kappa shape index (κ2) is 6.61. The number of hydrogen-bond donors (Lipinski definition) is 1. The summed E-state index contributed by atoms with van der Waals surface area (Å²) in [6.07, 6.45) is 0. The summed E-state index contributed by atoms with van der Waals surface area (Å²) in [6, 6.07) is 5.04. The summed E-state index contributed by atoms with van der Waals surface area (Å²) >= 11 is 6.05. The molecule has 0 fully saturated rings. The van der Waals surface area contributed by atoms with Crippen LogP contribution in [-0.4, -0.2) is 37.1 Å². The molecule has 1 rings (SSSR count). The lowest BCUT2D eigenvalue weighted by Gasteiger charge is -2.28. The lowest BCUT2D eigenvalue weighted by atomic mass is 10.1. The highest BCUT2D eigenvalue weighted by atomic mass is 35.5. The van der Waals surface area contributed by atoms with E-state index >= 15 is 0 Å². The molecular formula is C13H19ClN2O2. The van der Waals surface area contributed by atoms with Gasteiger partial charge in [0.15, 0.2) is 0 Å². The lowest BCUT2D eigenvalue weighted by Crippen LogP contribution is -2.41. The van der Waals surface area contributed by atoms with Gasteiger partial charge in [0.05, 0.1) is 23.2 Å². The van der Waals surface area contributed by atoms with Gasteiger partial charge in [-0.05, 0) is 26.0 Å². The molecule has 0 saturated carbocycles. The van der Waals surface area contributed by atoms with Gasteiger partial charge in [-0.3, -0.25) is 4.79 Å². The van der Waals surface area contributed by atoms with E-state index in [0.29, 0.717) is 29.4 Å². The van der Waals surface area contributed by atoms with Crippen LogP contribution in [-0.2, 0) is 4.74 Å². The van der Waals surface area contributed by atoms with Gasteiger partial charge in [0.1, 0.15) is 0 Å². The molecule has 0 aliphatic rings. The summed E-state index contributed by atoms with van der Waals surface area (Å²) < 4.78 is 5.07. The van der Waals surface area contributed by atoms with E-state index < -0.39 is 0 Å². The van der Waals surface area contributed by atoms with Gasteiger partial charge in [0, 0.05) is 19.3 Å². The number of amides is 1. The zero-order valence-electron chi connectivity index (χ0n) is 10.9. The van der Waals surface area contributed by atoms with E-state index in [1.807, 2.05) is 13.8 Å². The van der Waals surface area contributed by atoms with Crippen LogP contribution in [0.1, 0.15) is 24.2 Å². The molecule has 0 aromatic heterocycles. The number of nitrogens with two attached hydrogens (primary N) is 1. The molecule has 0 radical (unpaired) electrons. The van der Waals surface area contributed by atoms with Crippen LogP contribution in [0.5, 0.6) is 0 Å². The second-order valence-electron chi connectivity index (χ2n) is 4.10.